The van der Waals surface area contributed by atoms with Crippen LogP contribution in [0.1, 0.15) is 22.3 Å². The highest BCUT2D eigenvalue weighted by Gasteiger charge is 2.49. The molecule has 59 heavy (non-hydrogen) atoms. The summed E-state index contributed by atoms with van der Waals surface area (Å²) in [7, 11) is 0. The molecule has 0 N–H and O–H groups in total. The lowest BCUT2D eigenvalue weighted by molar-refractivity contribution is 0.778. The van der Waals surface area contributed by atoms with Gasteiger partial charge in [-0.15, -0.1) is 11.3 Å². The van der Waals surface area contributed by atoms with Gasteiger partial charge in [0.05, 0.1) is 5.41 Å². The van der Waals surface area contributed by atoms with Crippen LogP contribution in [0, 0.1) is 0 Å². The Balaban J connectivity index is 0.986. The monoisotopic (exact) mass is 769 g/mol. The van der Waals surface area contributed by atoms with Crippen LogP contribution in [0.25, 0.3) is 53.9 Å². The van der Waals surface area contributed by atoms with E-state index in [0.717, 1.165) is 17.1 Å². The molecule has 0 saturated heterocycles. The molecule has 0 amide bonds. The molecule has 0 spiro atoms. The van der Waals surface area contributed by atoms with Gasteiger partial charge in [0.15, 0.2) is 0 Å². The summed E-state index contributed by atoms with van der Waals surface area (Å²) < 4.78 is 1.33. The number of rotatable bonds is 8. The van der Waals surface area contributed by atoms with Gasteiger partial charge < -0.3 is 4.90 Å². The van der Waals surface area contributed by atoms with Crippen molar-refractivity contribution >= 4 is 38.5 Å². The van der Waals surface area contributed by atoms with Crippen LogP contribution in [-0.4, -0.2) is 0 Å². The van der Waals surface area contributed by atoms with Gasteiger partial charge in [0, 0.05) is 26.6 Å². The summed E-state index contributed by atoms with van der Waals surface area (Å²) in [6, 6.07) is 86.4. The fraction of sp³-hybridized carbons (Fsp3) is 0.0175. The first-order valence-corrected chi connectivity index (χ1v) is 21.1. The Hall–Kier alpha value is -7.26. The Labute approximate surface area is 349 Å². The van der Waals surface area contributed by atoms with Gasteiger partial charge in [-0.3, -0.25) is 0 Å². The first kappa shape index (κ1) is 34.9. The normalized spacial score (nSPS) is 12.5. The van der Waals surface area contributed by atoms with Crippen molar-refractivity contribution in [1.29, 1.82) is 0 Å². The SMILES string of the molecule is c1ccc(-c2ccc(N(c3ccccc3)c3ccc(-c4ccc(-c5cccc6c5C(c5ccccc5)(c5ccccc5)c5c-6sc6ccccc56)cc4)cc3)cc2)cc1. The summed E-state index contributed by atoms with van der Waals surface area (Å²) >= 11 is 1.92. The maximum Gasteiger partial charge on any atom is 0.0734 e. The summed E-state index contributed by atoms with van der Waals surface area (Å²) in [5, 5.41) is 1.33. The largest absolute Gasteiger partial charge is 0.311 e. The Bertz CT molecular complexity index is 3000. The number of fused-ring (bicyclic) bond motifs is 5. The Kier molecular flexibility index (Phi) is 8.65. The van der Waals surface area contributed by atoms with Gasteiger partial charge in [0.2, 0.25) is 0 Å². The number of benzene rings is 9. The van der Waals surface area contributed by atoms with Crippen molar-refractivity contribution in [3.8, 4) is 43.8 Å². The molecule has 10 aromatic rings. The molecule has 0 atom stereocenters. The molecule has 1 aliphatic carbocycles. The van der Waals surface area contributed by atoms with Crippen molar-refractivity contribution in [2.45, 2.75) is 5.41 Å². The van der Waals surface area contributed by atoms with Gasteiger partial charge in [-0.1, -0.05) is 194 Å². The molecule has 0 fully saturated rings. The van der Waals surface area contributed by atoms with Crippen molar-refractivity contribution in [3.05, 3.63) is 259 Å². The third kappa shape index (κ3) is 5.83. The average molecular weight is 770 g/mol. The van der Waals surface area contributed by atoms with Crippen molar-refractivity contribution in [1.82, 2.24) is 0 Å². The number of hydrogen-bond donors (Lipinski definition) is 0. The molecule has 1 heterocycles. The molecule has 0 unspecified atom stereocenters. The number of anilines is 3. The fourth-order valence-corrected chi connectivity index (χ4v) is 10.6. The molecule has 1 aromatic heterocycles. The zero-order valence-corrected chi connectivity index (χ0v) is 33.2. The maximum absolute atomic E-state index is 2.34. The predicted octanol–water partition coefficient (Wildman–Crippen LogP) is 15.7. The molecule has 0 saturated carbocycles. The highest BCUT2D eigenvalue weighted by atomic mass is 32.1. The predicted molar refractivity (Wildman–Crippen MR) is 250 cm³/mol. The topological polar surface area (TPSA) is 3.24 Å². The number of para-hydroxylation sites is 1. The second-order valence-corrected chi connectivity index (χ2v) is 16.3. The minimum Gasteiger partial charge on any atom is -0.311 e. The summed E-state index contributed by atoms with van der Waals surface area (Å²) in [6.45, 7) is 0. The van der Waals surface area contributed by atoms with Crippen LogP contribution in [-0.2, 0) is 5.41 Å². The van der Waals surface area contributed by atoms with Crippen molar-refractivity contribution in [2.75, 3.05) is 4.90 Å². The molecule has 0 aliphatic heterocycles. The van der Waals surface area contributed by atoms with Crippen molar-refractivity contribution in [2.24, 2.45) is 0 Å². The molecule has 0 radical (unpaired) electrons. The van der Waals surface area contributed by atoms with E-state index in [9.17, 15) is 0 Å². The summed E-state index contributed by atoms with van der Waals surface area (Å²) in [5.41, 5.74) is 16.8. The zero-order valence-electron chi connectivity index (χ0n) is 32.4. The standard InChI is InChI=1S/C57H39NS/c1-5-16-40(17-6-1)42-32-36-48(37-33-42)58(47-22-11-4-12-23-47)49-38-34-43(35-39-49)41-28-30-44(31-29-41)50-25-15-26-52-54(50)57(45-18-7-2-8-19-45,46-20-9-3-10-21-46)55-51-24-13-14-27-53(51)59-56(52)55/h1-39H. The van der Waals surface area contributed by atoms with Gasteiger partial charge >= 0.3 is 0 Å². The molecule has 1 aliphatic rings. The van der Waals surface area contributed by atoms with Crippen molar-refractivity contribution < 1.29 is 0 Å². The van der Waals surface area contributed by atoms with E-state index in [1.165, 1.54) is 76.2 Å². The van der Waals surface area contributed by atoms with Crippen LogP contribution < -0.4 is 4.90 Å². The minimum absolute atomic E-state index is 0.482. The highest BCUT2D eigenvalue weighted by molar-refractivity contribution is 7.22. The highest BCUT2D eigenvalue weighted by Crippen LogP contribution is 2.62. The minimum atomic E-state index is -0.482. The third-order valence-corrected chi connectivity index (χ3v) is 13.2. The second-order valence-electron chi connectivity index (χ2n) is 15.2. The Morgan fingerprint density at radius 2 is 0.729 bits per heavy atom. The van der Waals surface area contributed by atoms with Crippen LogP contribution in [0.5, 0.6) is 0 Å². The van der Waals surface area contributed by atoms with Crippen LogP contribution in [0.4, 0.5) is 17.1 Å². The Morgan fingerprint density at radius 1 is 0.305 bits per heavy atom. The van der Waals surface area contributed by atoms with E-state index in [1.54, 1.807) is 0 Å². The first-order chi connectivity index (χ1) is 29.3. The van der Waals surface area contributed by atoms with E-state index in [0.29, 0.717) is 0 Å². The number of hydrogen-bond acceptors (Lipinski definition) is 2. The first-order valence-electron chi connectivity index (χ1n) is 20.3. The zero-order chi connectivity index (χ0) is 39.2. The van der Waals surface area contributed by atoms with E-state index >= 15 is 0 Å². The molecule has 11 rings (SSSR count). The third-order valence-electron chi connectivity index (χ3n) is 12.0. The molecular weight excluding hydrogens is 731 g/mol. The van der Waals surface area contributed by atoms with E-state index in [2.05, 4.69) is 241 Å². The van der Waals surface area contributed by atoms with E-state index in [1.807, 2.05) is 11.3 Å². The Morgan fingerprint density at radius 3 is 1.31 bits per heavy atom. The number of nitrogens with zero attached hydrogens (tertiary/aromatic N) is 1. The van der Waals surface area contributed by atoms with Crippen molar-refractivity contribution in [3.63, 3.8) is 0 Å². The van der Waals surface area contributed by atoms with E-state index in [4.69, 9.17) is 0 Å². The summed E-state index contributed by atoms with van der Waals surface area (Å²) in [6.07, 6.45) is 0. The van der Waals surface area contributed by atoms with Crippen LogP contribution in [0.2, 0.25) is 0 Å². The molecule has 1 nitrogen and oxygen atoms in total. The maximum atomic E-state index is 2.34. The molecule has 278 valence electrons. The second kappa shape index (κ2) is 14.6. The lowest BCUT2D eigenvalue weighted by Gasteiger charge is -2.35. The van der Waals surface area contributed by atoms with Crippen LogP contribution >= 0.6 is 11.3 Å². The van der Waals surface area contributed by atoms with Gasteiger partial charge in [0.1, 0.15) is 0 Å². The van der Waals surface area contributed by atoms with Gasteiger partial charge in [-0.25, -0.2) is 0 Å². The molecular formula is C57H39NS. The molecule has 0 bridgehead atoms. The smallest absolute Gasteiger partial charge is 0.0734 e. The van der Waals surface area contributed by atoms with Gasteiger partial charge in [0.25, 0.3) is 0 Å². The molecule has 9 aromatic carbocycles. The van der Waals surface area contributed by atoms with Crippen LogP contribution in [0.3, 0.4) is 0 Å². The lowest BCUT2D eigenvalue weighted by atomic mass is 9.65. The average Bonchev–Trinajstić information content (AvgIpc) is 3.85. The summed E-state index contributed by atoms with van der Waals surface area (Å²) in [4.78, 5) is 3.69. The number of thiophene rings is 1. The van der Waals surface area contributed by atoms with Gasteiger partial charge in [-0.2, -0.15) is 0 Å². The quantitative estimate of drug-likeness (QED) is 0.149. The molecule has 2 heteroatoms. The van der Waals surface area contributed by atoms with E-state index in [-0.39, 0.29) is 0 Å². The van der Waals surface area contributed by atoms with Gasteiger partial charge in [-0.05, 0) is 109 Å². The summed E-state index contributed by atoms with van der Waals surface area (Å²) in [5.74, 6) is 0. The lowest BCUT2D eigenvalue weighted by Crippen LogP contribution is -2.29. The van der Waals surface area contributed by atoms with Crippen LogP contribution in [0.15, 0.2) is 237 Å². The van der Waals surface area contributed by atoms with E-state index < -0.39 is 5.41 Å². The fourth-order valence-electron chi connectivity index (χ4n) is 9.34.